The van der Waals surface area contributed by atoms with Crippen molar-refractivity contribution in [3.8, 4) is 11.5 Å². The highest BCUT2D eigenvalue weighted by molar-refractivity contribution is 5.94. The third-order valence-corrected chi connectivity index (χ3v) is 4.11. The molecule has 0 radical (unpaired) electrons. The second-order valence-electron chi connectivity index (χ2n) is 6.84. The van der Waals surface area contributed by atoms with Crippen LogP contribution in [0.2, 0.25) is 0 Å². The molecule has 0 bridgehead atoms. The predicted molar refractivity (Wildman–Crippen MR) is 108 cm³/mol. The maximum atomic E-state index is 12.2. The lowest BCUT2D eigenvalue weighted by atomic mass is 10.1. The highest BCUT2D eigenvalue weighted by Gasteiger charge is 2.17. The molecule has 0 fully saturated rings. The number of nitrogens with zero attached hydrogens (tertiary/aromatic N) is 1. The summed E-state index contributed by atoms with van der Waals surface area (Å²) >= 11 is 0. The Hall–Kier alpha value is -2.82. The molecule has 0 aliphatic heterocycles. The van der Waals surface area contributed by atoms with Crippen LogP contribution in [0.1, 0.15) is 33.6 Å². The number of hydrogen-bond acceptors (Lipinski definition) is 3. The number of rotatable bonds is 9. The maximum absolute atomic E-state index is 12.2. The van der Waals surface area contributed by atoms with Crippen LogP contribution < -0.4 is 15.0 Å². The van der Waals surface area contributed by atoms with Crippen molar-refractivity contribution in [2.24, 2.45) is 5.92 Å². The Kier molecular flexibility index (Phi) is 7.86. The first-order chi connectivity index (χ1) is 13.0. The van der Waals surface area contributed by atoms with Gasteiger partial charge in [0.05, 0.1) is 5.69 Å². The van der Waals surface area contributed by atoms with Crippen LogP contribution in [0, 0.1) is 5.92 Å². The smallest absolute Gasteiger partial charge is 0.223 e. The second kappa shape index (κ2) is 10.4. The largest absolute Gasteiger partial charge is 0.455 e. The molecular weight excluding hydrogens is 340 g/mol. The first kappa shape index (κ1) is 20.5. The van der Waals surface area contributed by atoms with Gasteiger partial charge in [-0.1, -0.05) is 44.2 Å². The average molecular weight is 368 g/mol. The highest BCUT2D eigenvalue weighted by atomic mass is 16.5. The van der Waals surface area contributed by atoms with Gasteiger partial charge in [0.25, 0.3) is 0 Å². The van der Waals surface area contributed by atoms with Crippen molar-refractivity contribution < 1.29 is 14.3 Å². The van der Waals surface area contributed by atoms with Gasteiger partial charge in [-0.2, -0.15) is 0 Å². The number of amides is 2. The van der Waals surface area contributed by atoms with Crippen molar-refractivity contribution in [1.82, 2.24) is 5.32 Å². The van der Waals surface area contributed by atoms with E-state index in [0.717, 1.165) is 6.42 Å². The summed E-state index contributed by atoms with van der Waals surface area (Å²) in [6.07, 6.45) is 1.19. The molecule has 0 saturated heterocycles. The van der Waals surface area contributed by atoms with E-state index >= 15 is 0 Å². The average Bonchev–Trinajstić information content (AvgIpc) is 2.63. The maximum Gasteiger partial charge on any atom is 0.223 e. The number of carbonyl (C=O) groups excluding carboxylic acids is 2. The third-order valence-electron chi connectivity index (χ3n) is 4.11. The monoisotopic (exact) mass is 368 g/mol. The van der Waals surface area contributed by atoms with Crippen LogP contribution >= 0.6 is 0 Å². The summed E-state index contributed by atoms with van der Waals surface area (Å²) in [4.78, 5) is 25.9. The minimum absolute atomic E-state index is 0.0524. The van der Waals surface area contributed by atoms with Gasteiger partial charge in [0.1, 0.15) is 5.75 Å². The molecule has 0 atom stereocenters. The number of carbonyl (C=O) groups is 2. The Balaban J connectivity index is 2.06. The minimum atomic E-state index is -0.130. The number of nitrogens with one attached hydrogen (secondary N) is 1. The molecule has 2 aromatic rings. The molecule has 0 spiro atoms. The van der Waals surface area contributed by atoms with E-state index in [1.54, 1.807) is 4.90 Å². The van der Waals surface area contributed by atoms with Crippen molar-refractivity contribution in [3.63, 3.8) is 0 Å². The molecular formula is C22H28N2O3. The fourth-order valence-corrected chi connectivity index (χ4v) is 2.63. The number of ether oxygens (including phenoxy) is 1. The van der Waals surface area contributed by atoms with Crippen LogP contribution in [0.15, 0.2) is 54.6 Å². The summed E-state index contributed by atoms with van der Waals surface area (Å²) in [6.45, 7) is 6.69. The van der Waals surface area contributed by atoms with E-state index in [1.807, 2.05) is 54.6 Å². The van der Waals surface area contributed by atoms with Gasteiger partial charge in [-0.3, -0.25) is 9.59 Å². The van der Waals surface area contributed by atoms with Crippen LogP contribution in [-0.4, -0.2) is 24.9 Å². The van der Waals surface area contributed by atoms with Gasteiger partial charge in [0.2, 0.25) is 11.8 Å². The zero-order chi connectivity index (χ0) is 19.6. The molecule has 2 amide bonds. The third kappa shape index (κ3) is 6.77. The summed E-state index contributed by atoms with van der Waals surface area (Å²) in [7, 11) is 0. The SMILES string of the molecule is CC(=O)N(CCC(=O)NCCC(C)C)c1ccccc1Oc1ccccc1. The highest BCUT2D eigenvalue weighted by Crippen LogP contribution is 2.32. The van der Waals surface area contributed by atoms with Crippen LogP contribution in [0.3, 0.4) is 0 Å². The van der Waals surface area contributed by atoms with Crippen LogP contribution in [0.5, 0.6) is 11.5 Å². The number of hydrogen-bond donors (Lipinski definition) is 1. The lowest BCUT2D eigenvalue weighted by Crippen LogP contribution is -2.34. The van der Waals surface area contributed by atoms with Crippen LogP contribution in [0.25, 0.3) is 0 Å². The summed E-state index contributed by atoms with van der Waals surface area (Å²) in [5, 5.41) is 2.91. The molecule has 0 aliphatic carbocycles. The standard InChI is InChI=1S/C22H28N2O3/c1-17(2)13-15-23-22(26)14-16-24(18(3)25)20-11-7-8-12-21(20)27-19-9-5-4-6-10-19/h4-12,17H,13-16H2,1-3H3,(H,23,26). The Morgan fingerprint density at radius 1 is 1.04 bits per heavy atom. The van der Waals surface area contributed by atoms with E-state index in [-0.39, 0.29) is 18.2 Å². The Labute approximate surface area is 161 Å². The van der Waals surface area contributed by atoms with Gasteiger partial charge < -0.3 is 15.0 Å². The second-order valence-corrected chi connectivity index (χ2v) is 6.84. The molecule has 2 aromatic carbocycles. The van der Waals surface area contributed by atoms with Crippen molar-refractivity contribution >= 4 is 17.5 Å². The summed E-state index contributed by atoms with van der Waals surface area (Å²) in [5.41, 5.74) is 0.656. The molecule has 144 valence electrons. The number of anilines is 1. The van der Waals surface area contributed by atoms with Crippen molar-refractivity contribution in [2.45, 2.75) is 33.6 Å². The lowest BCUT2D eigenvalue weighted by Gasteiger charge is -2.23. The van der Waals surface area contributed by atoms with Gasteiger partial charge in [-0.05, 0) is 36.6 Å². The van der Waals surface area contributed by atoms with E-state index in [0.29, 0.717) is 36.2 Å². The van der Waals surface area contributed by atoms with Crippen LogP contribution in [-0.2, 0) is 9.59 Å². The van der Waals surface area contributed by atoms with Gasteiger partial charge in [-0.15, -0.1) is 0 Å². The first-order valence-corrected chi connectivity index (χ1v) is 9.34. The molecule has 0 aliphatic rings. The summed E-state index contributed by atoms with van der Waals surface area (Å²) < 4.78 is 5.94. The Morgan fingerprint density at radius 2 is 1.70 bits per heavy atom. The summed E-state index contributed by atoms with van der Waals surface area (Å²) in [6, 6.07) is 16.8. The molecule has 27 heavy (non-hydrogen) atoms. The van der Waals surface area contributed by atoms with E-state index in [2.05, 4.69) is 19.2 Å². The van der Waals surface area contributed by atoms with Crippen LogP contribution in [0.4, 0.5) is 5.69 Å². The summed E-state index contributed by atoms with van der Waals surface area (Å²) in [5.74, 6) is 1.64. The van der Waals surface area contributed by atoms with Gasteiger partial charge in [-0.25, -0.2) is 0 Å². The normalized spacial score (nSPS) is 10.5. The predicted octanol–water partition coefficient (Wildman–Crippen LogP) is 4.38. The van der Waals surface area contributed by atoms with E-state index in [9.17, 15) is 9.59 Å². The molecule has 1 N–H and O–H groups in total. The van der Waals surface area contributed by atoms with Crippen molar-refractivity contribution in [3.05, 3.63) is 54.6 Å². The zero-order valence-electron chi connectivity index (χ0n) is 16.3. The van der Waals surface area contributed by atoms with E-state index in [1.165, 1.54) is 6.92 Å². The van der Waals surface area contributed by atoms with Gasteiger partial charge >= 0.3 is 0 Å². The first-order valence-electron chi connectivity index (χ1n) is 9.34. The van der Waals surface area contributed by atoms with E-state index < -0.39 is 0 Å². The molecule has 0 unspecified atom stereocenters. The molecule has 5 heteroatoms. The van der Waals surface area contributed by atoms with Crippen molar-refractivity contribution in [2.75, 3.05) is 18.0 Å². The fraction of sp³-hybridized carbons (Fsp3) is 0.364. The molecule has 5 nitrogen and oxygen atoms in total. The van der Waals surface area contributed by atoms with E-state index in [4.69, 9.17) is 4.74 Å². The number of benzene rings is 2. The minimum Gasteiger partial charge on any atom is -0.455 e. The quantitative estimate of drug-likeness (QED) is 0.714. The molecule has 0 heterocycles. The Bertz CT molecular complexity index is 744. The lowest BCUT2D eigenvalue weighted by molar-refractivity contribution is -0.121. The van der Waals surface area contributed by atoms with Gasteiger partial charge in [0, 0.05) is 26.4 Å². The molecule has 2 rings (SSSR count). The molecule has 0 saturated carbocycles. The molecule has 0 aromatic heterocycles. The fourth-order valence-electron chi connectivity index (χ4n) is 2.63. The topological polar surface area (TPSA) is 58.6 Å². The Morgan fingerprint density at radius 3 is 2.37 bits per heavy atom. The zero-order valence-corrected chi connectivity index (χ0v) is 16.3. The number of para-hydroxylation sites is 3. The van der Waals surface area contributed by atoms with Crippen molar-refractivity contribution in [1.29, 1.82) is 0 Å². The van der Waals surface area contributed by atoms with Gasteiger partial charge in [0.15, 0.2) is 5.75 Å².